The smallest absolute Gasteiger partial charge is 0.319 e. The number of hydrogen-bond donors (Lipinski definition) is 1. The van der Waals surface area contributed by atoms with E-state index in [-0.39, 0.29) is 0 Å². The third-order valence-electron chi connectivity index (χ3n) is 4.70. The number of aromatic nitrogens is 5. The largest absolute Gasteiger partial charge is 0.463 e. The number of pyridine rings is 1. The van der Waals surface area contributed by atoms with Crippen molar-refractivity contribution < 1.29 is 4.74 Å². The molecular formula is C19H21ClN6O. The minimum absolute atomic E-state index is 0.297. The highest BCUT2D eigenvalue weighted by molar-refractivity contribution is 6.30. The van der Waals surface area contributed by atoms with Gasteiger partial charge in [-0.15, -0.1) is 0 Å². The van der Waals surface area contributed by atoms with Gasteiger partial charge in [0.25, 0.3) is 0 Å². The number of ether oxygens (including phenoxy) is 1. The number of aryl methyl sites for hydroxylation is 1. The molecule has 1 fully saturated rings. The Balaban J connectivity index is 1.37. The Kier molecular flexibility index (Phi) is 4.94. The minimum Gasteiger partial charge on any atom is -0.463 e. The fourth-order valence-electron chi connectivity index (χ4n) is 3.03. The van der Waals surface area contributed by atoms with E-state index in [2.05, 4.69) is 31.4 Å². The number of anilines is 1. The van der Waals surface area contributed by atoms with E-state index in [9.17, 15) is 0 Å². The maximum absolute atomic E-state index is 6.26. The first-order valence-electron chi connectivity index (χ1n) is 8.89. The lowest BCUT2D eigenvalue weighted by atomic mass is 10.2. The van der Waals surface area contributed by atoms with Gasteiger partial charge in [-0.2, -0.15) is 15.1 Å². The van der Waals surface area contributed by atoms with Crippen LogP contribution in [0, 0.1) is 12.8 Å². The predicted molar refractivity (Wildman–Crippen MR) is 103 cm³/mol. The third kappa shape index (κ3) is 4.19. The summed E-state index contributed by atoms with van der Waals surface area (Å²) in [7, 11) is 1.89. The van der Waals surface area contributed by atoms with Crippen molar-refractivity contribution in [1.29, 1.82) is 0 Å². The first-order chi connectivity index (χ1) is 13.1. The zero-order chi connectivity index (χ0) is 18.8. The Hall–Kier alpha value is -2.67. The molecule has 0 aliphatic heterocycles. The van der Waals surface area contributed by atoms with Crippen LogP contribution in [0.3, 0.4) is 0 Å². The maximum Gasteiger partial charge on any atom is 0.319 e. The number of rotatable bonds is 7. The molecule has 1 aliphatic carbocycles. The van der Waals surface area contributed by atoms with E-state index >= 15 is 0 Å². The Labute approximate surface area is 162 Å². The van der Waals surface area contributed by atoms with Crippen LogP contribution < -0.4 is 10.1 Å². The summed E-state index contributed by atoms with van der Waals surface area (Å²) in [6.45, 7) is 3.05. The van der Waals surface area contributed by atoms with Gasteiger partial charge in [0.1, 0.15) is 11.0 Å². The van der Waals surface area contributed by atoms with E-state index in [1.54, 1.807) is 4.68 Å². The first-order valence-corrected chi connectivity index (χ1v) is 9.27. The molecule has 1 saturated carbocycles. The molecule has 2 atom stereocenters. The average molecular weight is 385 g/mol. The molecule has 1 aliphatic rings. The van der Waals surface area contributed by atoms with Crippen LogP contribution in [-0.2, 0) is 13.6 Å². The molecule has 1 N–H and O–H groups in total. The monoisotopic (exact) mass is 384 g/mol. The van der Waals surface area contributed by atoms with Crippen LogP contribution in [0.5, 0.6) is 6.01 Å². The lowest BCUT2D eigenvalue weighted by molar-refractivity contribution is 0.274. The molecule has 0 saturated heterocycles. The second-order valence-electron chi connectivity index (χ2n) is 6.81. The topological polar surface area (TPSA) is 77.8 Å². The van der Waals surface area contributed by atoms with Gasteiger partial charge >= 0.3 is 6.01 Å². The van der Waals surface area contributed by atoms with Crippen molar-refractivity contribution in [2.45, 2.75) is 25.8 Å². The van der Waals surface area contributed by atoms with Crippen LogP contribution in [0.25, 0.3) is 0 Å². The van der Waals surface area contributed by atoms with Crippen molar-refractivity contribution in [1.82, 2.24) is 24.7 Å². The first kappa shape index (κ1) is 17.7. The van der Waals surface area contributed by atoms with E-state index < -0.39 is 0 Å². The molecule has 3 aromatic rings. The van der Waals surface area contributed by atoms with Gasteiger partial charge in [-0.1, -0.05) is 17.7 Å². The molecule has 2 unspecified atom stereocenters. The average Bonchev–Trinajstić information content (AvgIpc) is 3.34. The Morgan fingerprint density at radius 3 is 2.96 bits per heavy atom. The van der Waals surface area contributed by atoms with E-state index in [1.165, 1.54) is 0 Å². The van der Waals surface area contributed by atoms with Crippen LogP contribution in [0.15, 0.2) is 36.8 Å². The summed E-state index contributed by atoms with van der Waals surface area (Å²) in [6.07, 6.45) is 6.66. The standard InChI is InChI=1S/C19H21ClN6O/c1-12-17(20)24-19(25-18(12)22-8-13-9-23-26(2)10-13)27-11-14-7-15(14)16-5-3-4-6-21-16/h3-6,9-10,14-15H,7-8,11H2,1-2H3,(H,22,24,25). The highest BCUT2D eigenvalue weighted by atomic mass is 35.5. The molecule has 3 aromatic heterocycles. The highest BCUT2D eigenvalue weighted by Crippen LogP contribution is 2.46. The molecule has 0 amide bonds. The summed E-state index contributed by atoms with van der Waals surface area (Å²) < 4.78 is 7.59. The maximum atomic E-state index is 6.26. The Bertz CT molecular complexity index is 929. The van der Waals surface area contributed by atoms with Gasteiger partial charge in [0.2, 0.25) is 0 Å². The molecule has 0 aromatic carbocycles. The van der Waals surface area contributed by atoms with E-state index in [4.69, 9.17) is 16.3 Å². The zero-order valence-corrected chi connectivity index (χ0v) is 16.0. The van der Waals surface area contributed by atoms with E-state index in [1.807, 2.05) is 44.7 Å². The number of nitrogens with one attached hydrogen (secondary N) is 1. The van der Waals surface area contributed by atoms with Crippen LogP contribution in [0.1, 0.15) is 29.2 Å². The molecule has 0 bridgehead atoms. The van der Waals surface area contributed by atoms with Crippen LogP contribution in [-0.4, -0.2) is 31.3 Å². The zero-order valence-electron chi connectivity index (χ0n) is 15.3. The van der Waals surface area contributed by atoms with Crippen LogP contribution >= 0.6 is 11.6 Å². The molecule has 0 spiro atoms. The third-order valence-corrected chi connectivity index (χ3v) is 5.07. The SMILES string of the molecule is Cc1c(Cl)nc(OCC2CC2c2ccccn2)nc1NCc1cnn(C)c1. The second-order valence-corrected chi connectivity index (χ2v) is 7.17. The Morgan fingerprint density at radius 1 is 1.33 bits per heavy atom. The Morgan fingerprint density at radius 2 is 2.22 bits per heavy atom. The predicted octanol–water partition coefficient (Wildman–Crippen LogP) is 3.36. The molecule has 7 nitrogen and oxygen atoms in total. The normalized spacial score (nSPS) is 18.3. The van der Waals surface area contributed by atoms with Crippen molar-refractivity contribution in [2.75, 3.05) is 11.9 Å². The van der Waals surface area contributed by atoms with Gasteiger partial charge in [0, 0.05) is 54.6 Å². The van der Waals surface area contributed by atoms with Crippen molar-refractivity contribution >= 4 is 17.4 Å². The molecule has 8 heteroatoms. The van der Waals surface area contributed by atoms with Gasteiger partial charge in [0.15, 0.2) is 0 Å². The van der Waals surface area contributed by atoms with Crippen molar-refractivity contribution in [3.8, 4) is 6.01 Å². The fraction of sp³-hybridized carbons (Fsp3) is 0.368. The molecule has 140 valence electrons. The van der Waals surface area contributed by atoms with Crippen molar-refractivity contribution in [2.24, 2.45) is 13.0 Å². The lowest BCUT2D eigenvalue weighted by Gasteiger charge is -2.11. The van der Waals surface area contributed by atoms with Crippen LogP contribution in [0.4, 0.5) is 5.82 Å². The van der Waals surface area contributed by atoms with Gasteiger partial charge in [-0.25, -0.2) is 0 Å². The second kappa shape index (κ2) is 7.52. The minimum atomic E-state index is 0.297. The summed E-state index contributed by atoms with van der Waals surface area (Å²) in [6, 6.07) is 6.30. The van der Waals surface area contributed by atoms with E-state index in [0.717, 1.165) is 23.2 Å². The fourth-order valence-corrected chi connectivity index (χ4v) is 3.19. The highest BCUT2D eigenvalue weighted by Gasteiger charge is 2.40. The van der Waals surface area contributed by atoms with E-state index in [0.29, 0.717) is 42.0 Å². The molecule has 3 heterocycles. The van der Waals surface area contributed by atoms with Gasteiger partial charge in [-0.05, 0) is 25.5 Å². The molecular weight excluding hydrogens is 364 g/mol. The van der Waals surface area contributed by atoms with Gasteiger partial charge < -0.3 is 10.1 Å². The van der Waals surface area contributed by atoms with Crippen LogP contribution in [0.2, 0.25) is 5.15 Å². The number of halogens is 1. The van der Waals surface area contributed by atoms with Crippen molar-refractivity contribution in [3.63, 3.8) is 0 Å². The summed E-state index contributed by atoms with van der Waals surface area (Å²) in [5, 5.41) is 7.84. The molecule has 0 radical (unpaired) electrons. The lowest BCUT2D eigenvalue weighted by Crippen LogP contribution is -2.09. The summed E-state index contributed by atoms with van der Waals surface area (Å²) in [5.74, 6) is 1.57. The summed E-state index contributed by atoms with van der Waals surface area (Å²) in [4.78, 5) is 13.1. The molecule has 27 heavy (non-hydrogen) atoms. The summed E-state index contributed by atoms with van der Waals surface area (Å²) >= 11 is 6.26. The number of nitrogens with zero attached hydrogens (tertiary/aromatic N) is 5. The van der Waals surface area contributed by atoms with Crippen molar-refractivity contribution in [3.05, 3.63) is 58.8 Å². The quantitative estimate of drug-likeness (QED) is 0.629. The van der Waals surface area contributed by atoms with Gasteiger partial charge in [-0.3, -0.25) is 9.67 Å². The number of hydrogen-bond acceptors (Lipinski definition) is 6. The van der Waals surface area contributed by atoms with Gasteiger partial charge in [0.05, 0.1) is 12.8 Å². The summed E-state index contributed by atoms with van der Waals surface area (Å²) in [5.41, 5.74) is 2.98. The molecule has 4 rings (SSSR count).